The Balaban J connectivity index is 2.12. The lowest BCUT2D eigenvalue weighted by Crippen LogP contribution is -2.36. The van der Waals surface area contributed by atoms with Crippen LogP contribution in [0.1, 0.15) is 29.5 Å². The van der Waals surface area contributed by atoms with Crippen LogP contribution >= 0.6 is 11.3 Å². The highest BCUT2D eigenvalue weighted by molar-refractivity contribution is 7.94. The molecule has 1 aliphatic heterocycles. The van der Waals surface area contributed by atoms with Gasteiger partial charge in [-0.25, -0.2) is 17.8 Å². The Hall–Kier alpha value is -1.47. The van der Waals surface area contributed by atoms with E-state index >= 15 is 0 Å². The van der Waals surface area contributed by atoms with Crippen molar-refractivity contribution < 1.29 is 12.8 Å². The Labute approximate surface area is 133 Å². The second-order valence-corrected chi connectivity index (χ2v) is 8.52. The molecular weight excluding hydrogens is 323 g/mol. The van der Waals surface area contributed by atoms with Crippen molar-refractivity contribution in [3.05, 3.63) is 40.3 Å². The highest BCUT2D eigenvalue weighted by Gasteiger charge is 2.33. The number of anilines is 1. The van der Waals surface area contributed by atoms with Gasteiger partial charge in [-0.3, -0.25) is 4.31 Å². The minimum absolute atomic E-state index is 0.179. The van der Waals surface area contributed by atoms with Crippen molar-refractivity contribution in [1.82, 2.24) is 4.98 Å². The number of sulfonamides is 1. The summed E-state index contributed by atoms with van der Waals surface area (Å²) in [5.74, 6) is -0.444. The molecule has 0 fully saturated rings. The number of hydrogen-bond donors (Lipinski definition) is 0. The second kappa shape index (κ2) is 5.62. The molecule has 0 N–H and O–H groups in total. The molecule has 0 saturated carbocycles. The van der Waals surface area contributed by atoms with E-state index in [1.165, 1.54) is 10.5 Å². The van der Waals surface area contributed by atoms with Gasteiger partial charge in [-0.15, -0.1) is 11.3 Å². The Morgan fingerprint density at radius 2 is 2.18 bits per heavy atom. The van der Waals surface area contributed by atoms with Crippen LogP contribution < -0.4 is 4.31 Å². The topological polar surface area (TPSA) is 50.3 Å². The van der Waals surface area contributed by atoms with Gasteiger partial charge >= 0.3 is 0 Å². The molecule has 2 heterocycles. The maximum absolute atomic E-state index is 14.5. The van der Waals surface area contributed by atoms with Gasteiger partial charge in [-0.05, 0) is 37.3 Å². The smallest absolute Gasteiger partial charge is 0.262 e. The van der Waals surface area contributed by atoms with Crippen LogP contribution in [0.5, 0.6) is 0 Å². The number of fused-ring (bicyclic) bond motifs is 1. The van der Waals surface area contributed by atoms with Crippen LogP contribution in [-0.2, 0) is 22.9 Å². The molecule has 0 amide bonds. The van der Waals surface area contributed by atoms with Crippen LogP contribution in [0.25, 0.3) is 0 Å². The number of rotatable bonds is 3. The van der Waals surface area contributed by atoms with Gasteiger partial charge in [0, 0.05) is 6.54 Å². The number of halogens is 1. The van der Waals surface area contributed by atoms with Crippen LogP contribution in [0, 0.1) is 12.7 Å². The quantitative estimate of drug-likeness (QED) is 0.861. The van der Waals surface area contributed by atoms with E-state index in [-0.39, 0.29) is 9.90 Å². The molecule has 3 rings (SSSR count). The standard InChI is InChI=1S/C15H17FN2O2S2/c1-3-12-17-9-13(21-12)22(19,20)18-8-4-5-11-7-6-10(2)14(16)15(11)18/h6-7,9H,3-5,8H2,1-2H3. The highest BCUT2D eigenvalue weighted by Crippen LogP contribution is 2.36. The summed E-state index contributed by atoms with van der Waals surface area (Å²) in [6.07, 6.45) is 3.45. The third-order valence-electron chi connectivity index (χ3n) is 3.83. The first kappa shape index (κ1) is 15.4. The van der Waals surface area contributed by atoms with E-state index in [1.807, 2.05) is 13.0 Å². The molecule has 0 unspecified atom stereocenters. The number of benzene rings is 1. The molecule has 0 spiro atoms. The number of hydrogen-bond acceptors (Lipinski definition) is 4. The lowest BCUT2D eigenvalue weighted by Gasteiger charge is -2.30. The van der Waals surface area contributed by atoms with E-state index in [0.717, 1.165) is 21.9 Å². The number of nitrogens with zero attached hydrogens (tertiary/aromatic N) is 2. The van der Waals surface area contributed by atoms with E-state index in [1.54, 1.807) is 13.0 Å². The first-order chi connectivity index (χ1) is 10.4. The van der Waals surface area contributed by atoms with Gasteiger partial charge in [-0.2, -0.15) is 0 Å². The van der Waals surface area contributed by atoms with Crippen molar-refractivity contribution in [3.63, 3.8) is 0 Å². The van der Waals surface area contributed by atoms with Crippen LogP contribution in [0.2, 0.25) is 0 Å². The molecule has 0 aliphatic carbocycles. The molecule has 0 bridgehead atoms. The molecule has 1 aromatic carbocycles. The summed E-state index contributed by atoms with van der Waals surface area (Å²) in [6.45, 7) is 3.88. The minimum Gasteiger partial charge on any atom is -0.262 e. The summed E-state index contributed by atoms with van der Waals surface area (Å²) in [6, 6.07) is 3.52. The molecule has 7 heteroatoms. The lowest BCUT2D eigenvalue weighted by atomic mass is 10.0. The SMILES string of the molecule is CCc1ncc(S(=O)(=O)N2CCCc3ccc(C)c(F)c32)s1. The largest absolute Gasteiger partial charge is 0.275 e. The molecular formula is C15H17FN2O2S2. The molecule has 1 aliphatic rings. The predicted octanol–water partition coefficient (Wildman–Crippen LogP) is 3.29. The molecule has 0 saturated heterocycles. The average molecular weight is 340 g/mol. The Kier molecular flexibility index (Phi) is 3.94. The van der Waals surface area contributed by atoms with Crippen molar-refractivity contribution >= 4 is 27.0 Å². The summed E-state index contributed by atoms with van der Waals surface area (Å²) >= 11 is 1.16. The van der Waals surface area contributed by atoms with Crippen LogP contribution in [0.15, 0.2) is 22.5 Å². The van der Waals surface area contributed by atoms with Gasteiger partial charge in [0.2, 0.25) is 0 Å². The summed E-state index contributed by atoms with van der Waals surface area (Å²) < 4.78 is 41.7. The third kappa shape index (κ3) is 2.42. The summed E-state index contributed by atoms with van der Waals surface area (Å²) in [4.78, 5) is 4.11. The molecule has 0 atom stereocenters. The molecule has 2 aromatic rings. The van der Waals surface area contributed by atoms with E-state index in [2.05, 4.69) is 4.98 Å². The fourth-order valence-corrected chi connectivity index (χ4v) is 5.40. The van der Waals surface area contributed by atoms with Crippen LogP contribution in [0.4, 0.5) is 10.1 Å². The molecule has 118 valence electrons. The van der Waals surface area contributed by atoms with Crippen molar-refractivity contribution in [3.8, 4) is 0 Å². The summed E-state index contributed by atoms with van der Waals surface area (Å²) in [5, 5.41) is 0.764. The number of aryl methyl sites for hydroxylation is 3. The zero-order chi connectivity index (χ0) is 15.9. The summed E-state index contributed by atoms with van der Waals surface area (Å²) in [7, 11) is -3.75. The molecule has 1 aromatic heterocycles. The zero-order valence-corrected chi connectivity index (χ0v) is 14.1. The van der Waals surface area contributed by atoms with Gasteiger partial charge in [0.25, 0.3) is 10.0 Å². The van der Waals surface area contributed by atoms with Crippen molar-refractivity contribution in [2.24, 2.45) is 0 Å². The Morgan fingerprint density at radius 1 is 1.41 bits per heavy atom. The van der Waals surface area contributed by atoms with Gasteiger partial charge in [0.15, 0.2) is 10.0 Å². The first-order valence-corrected chi connectivity index (χ1v) is 9.46. The van der Waals surface area contributed by atoms with E-state index in [4.69, 9.17) is 0 Å². The zero-order valence-electron chi connectivity index (χ0n) is 12.5. The predicted molar refractivity (Wildman–Crippen MR) is 85.5 cm³/mol. The monoisotopic (exact) mass is 340 g/mol. The maximum atomic E-state index is 14.5. The first-order valence-electron chi connectivity index (χ1n) is 7.20. The van der Waals surface area contributed by atoms with E-state index in [0.29, 0.717) is 31.4 Å². The number of aromatic nitrogens is 1. The van der Waals surface area contributed by atoms with Gasteiger partial charge in [-0.1, -0.05) is 19.1 Å². The third-order valence-corrected chi connectivity index (χ3v) is 7.21. The van der Waals surface area contributed by atoms with Crippen molar-refractivity contribution in [2.45, 2.75) is 37.3 Å². The minimum atomic E-state index is -3.75. The van der Waals surface area contributed by atoms with Gasteiger partial charge in [0.05, 0.1) is 16.9 Å². The second-order valence-electron chi connectivity index (χ2n) is 5.31. The highest BCUT2D eigenvalue weighted by atomic mass is 32.2. The van der Waals surface area contributed by atoms with Crippen LogP contribution in [-0.4, -0.2) is 19.9 Å². The normalized spacial score (nSPS) is 15.0. The fraction of sp³-hybridized carbons (Fsp3) is 0.400. The Bertz CT molecular complexity index is 815. The summed E-state index contributed by atoms with van der Waals surface area (Å²) in [5.41, 5.74) is 1.41. The number of thiazole rings is 1. The molecule has 4 nitrogen and oxygen atoms in total. The van der Waals surface area contributed by atoms with Gasteiger partial charge in [0.1, 0.15) is 0 Å². The lowest BCUT2D eigenvalue weighted by molar-refractivity contribution is 0.576. The molecule has 0 radical (unpaired) electrons. The molecule has 22 heavy (non-hydrogen) atoms. The maximum Gasteiger partial charge on any atom is 0.275 e. The average Bonchev–Trinajstić information content (AvgIpc) is 3.00. The van der Waals surface area contributed by atoms with E-state index < -0.39 is 15.8 Å². The van der Waals surface area contributed by atoms with Gasteiger partial charge < -0.3 is 0 Å². The van der Waals surface area contributed by atoms with Crippen molar-refractivity contribution in [1.29, 1.82) is 0 Å². The Morgan fingerprint density at radius 3 is 2.86 bits per heavy atom. The van der Waals surface area contributed by atoms with Crippen molar-refractivity contribution in [2.75, 3.05) is 10.8 Å². The fourth-order valence-electron chi connectivity index (χ4n) is 2.63. The van der Waals surface area contributed by atoms with Crippen LogP contribution in [0.3, 0.4) is 0 Å². The van der Waals surface area contributed by atoms with E-state index in [9.17, 15) is 12.8 Å².